The molecule has 0 amide bonds. The zero-order valence-electron chi connectivity index (χ0n) is 23.2. The molecule has 0 spiro atoms. The number of methoxy groups -OCH3 is 1. The summed E-state index contributed by atoms with van der Waals surface area (Å²) in [7, 11) is 3.72. The summed E-state index contributed by atoms with van der Waals surface area (Å²) in [4.78, 5) is 29.1. The lowest BCUT2D eigenvalue weighted by Gasteiger charge is -2.17. The molecule has 0 fully saturated rings. The van der Waals surface area contributed by atoms with Crippen LogP contribution in [-0.4, -0.2) is 54.6 Å². The highest BCUT2D eigenvalue weighted by molar-refractivity contribution is 6.42. The zero-order chi connectivity index (χ0) is 29.5. The van der Waals surface area contributed by atoms with E-state index in [0.29, 0.717) is 5.56 Å². The first kappa shape index (κ1) is 35.9. The van der Waals surface area contributed by atoms with Crippen LogP contribution in [-0.2, 0) is 27.5 Å². The molecule has 0 radical (unpaired) electrons. The third-order valence-corrected chi connectivity index (χ3v) is 4.87. The maximum absolute atomic E-state index is 10.9. The van der Waals surface area contributed by atoms with Gasteiger partial charge in [0, 0.05) is 18.7 Å². The lowest BCUT2D eigenvalue weighted by Crippen LogP contribution is -2.18. The monoisotopic (exact) mass is 524 g/mol. The van der Waals surface area contributed by atoms with Crippen molar-refractivity contribution in [2.75, 3.05) is 14.2 Å². The Balaban J connectivity index is 0. The highest BCUT2D eigenvalue weighted by Crippen LogP contribution is 2.14. The first-order valence-electron chi connectivity index (χ1n) is 11.8. The number of aliphatic carboxylic acids is 1. The molecule has 38 heavy (non-hydrogen) atoms. The van der Waals surface area contributed by atoms with Gasteiger partial charge in [-0.15, -0.1) is 0 Å². The second-order valence-electron chi connectivity index (χ2n) is 7.58. The minimum Gasteiger partial charge on any atom is -0.496 e. The predicted octanol–water partition coefficient (Wildman–Crippen LogP) is 5.55. The minimum atomic E-state index is -1.25. The van der Waals surface area contributed by atoms with Crippen molar-refractivity contribution in [1.29, 1.82) is 0 Å². The first-order valence-corrected chi connectivity index (χ1v) is 11.8. The van der Waals surface area contributed by atoms with E-state index < -0.39 is 5.97 Å². The van der Waals surface area contributed by atoms with E-state index in [0.717, 1.165) is 24.4 Å². The van der Waals surface area contributed by atoms with E-state index in [2.05, 4.69) is 41.2 Å². The van der Waals surface area contributed by atoms with Crippen molar-refractivity contribution in [2.45, 2.75) is 40.8 Å². The number of carbonyl (C=O) groups is 3. The Morgan fingerprint density at radius 2 is 1.29 bits per heavy atom. The number of oxime groups is 1. The Labute approximate surface area is 226 Å². The molecule has 206 valence electrons. The van der Waals surface area contributed by atoms with Crippen LogP contribution < -0.4 is 4.74 Å². The predicted molar refractivity (Wildman–Crippen MR) is 152 cm³/mol. The normalized spacial score (nSPS) is 9.61. The molecule has 0 aromatic heterocycles. The van der Waals surface area contributed by atoms with Gasteiger partial charge in [-0.1, -0.05) is 91.3 Å². The van der Waals surface area contributed by atoms with Gasteiger partial charge < -0.3 is 24.6 Å². The fraction of sp³-hybridized carbons (Fsp3) is 0.267. The largest absolute Gasteiger partial charge is 0.496 e. The van der Waals surface area contributed by atoms with Gasteiger partial charge in [0.05, 0.1) is 7.11 Å². The van der Waals surface area contributed by atoms with Gasteiger partial charge in [0.15, 0.2) is 5.71 Å². The van der Waals surface area contributed by atoms with Crippen LogP contribution in [0.15, 0.2) is 78.0 Å². The van der Waals surface area contributed by atoms with Crippen molar-refractivity contribution in [1.82, 2.24) is 4.90 Å². The number of rotatable bonds is 7. The molecule has 0 atom stereocenters. The Morgan fingerprint density at radius 3 is 1.66 bits per heavy atom. The molecule has 0 saturated heterocycles. The molecule has 3 aromatic rings. The molecule has 0 bridgehead atoms. The topological polar surface area (TPSA) is 117 Å². The number of carboxylic acids is 1. The molecule has 3 rings (SSSR count). The number of hydrogen-bond donors (Lipinski definition) is 2. The van der Waals surface area contributed by atoms with Crippen molar-refractivity contribution in [3.05, 3.63) is 101 Å². The highest BCUT2D eigenvalue weighted by Gasteiger charge is 2.13. The number of nitrogens with zero attached hydrogens (tertiary/aromatic N) is 2. The third kappa shape index (κ3) is 13.7. The van der Waals surface area contributed by atoms with E-state index in [4.69, 9.17) is 24.6 Å². The maximum Gasteiger partial charge on any atom is 0.358 e. The number of hydrogen-bond acceptors (Lipinski definition) is 7. The summed E-state index contributed by atoms with van der Waals surface area (Å²) in [6, 6.07) is 23.4. The smallest absolute Gasteiger partial charge is 0.358 e. The summed E-state index contributed by atoms with van der Waals surface area (Å²) in [5.74, 6) is -0.297. The zero-order valence-corrected chi connectivity index (χ0v) is 23.2. The Bertz CT molecular complexity index is 1060. The lowest BCUT2D eigenvalue weighted by molar-refractivity contribution is -0.129. The fourth-order valence-corrected chi connectivity index (χ4v) is 3.15. The van der Waals surface area contributed by atoms with E-state index in [1.807, 2.05) is 77.8 Å². The standard InChI is InChI=1S/C18H20N2O3.C8H10O.C2H6.2CH2O/c1-13-3-5-14(6-4-13)11-20(2)12-15-7-9-16(10-8-15)17(19-23)18(21)22;1-7-5-3-4-6-8(7)9-2;3*1-2/h3-10,23H,11-12H2,1-2H3,(H,21,22);3-6H,1-2H3;1-2H3;2*1H2/b19-17-;;;;. The van der Waals surface area contributed by atoms with Gasteiger partial charge in [-0.2, -0.15) is 0 Å². The van der Waals surface area contributed by atoms with Crippen LogP contribution in [0.1, 0.15) is 41.7 Å². The van der Waals surface area contributed by atoms with E-state index in [1.54, 1.807) is 19.2 Å². The van der Waals surface area contributed by atoms with Crippen molar-refractivity contribution >= 4 is 25.3 Å². The Morgan fingerprint density at radius 1 is 0.842 bits per heavy atom. The van der Waals surface area contributed by atoms with E-state index in [-0.39, 0.29) is 5.71 Å². The number of aryl methyl sites for hydroxylation is 2. The minimum absolute atomic E-state index is 0.357. The average Bonchev–Trinajstić information content (AvgIpc) is 2.95. The van der Waals surface area contributed by atoms with Crippen LogP contribution in [0, 0.1) is 13.8 Å². The van der Waals surface area contributed by atoms with Crippen LogP contribution in [0.4, 0.5) is 0 Å². The van der Waals surface area contributed by atoms with Crippen molar-refractivity contribution in [3.8, 4) is 5.75 Å². The molecule has 0 heterocycles. The molecule has 2 N–H and O–H groups in total. The molecule has 0 aliphatic heterocycles. The Hall–Kier alpha value is -4.30. The highest BCUT2D eigenvalue weighted by atomic mass is 16.5. The molecule has 0 saturated carbocycles. The van der Waals surface area contributed by atoms with Gasteiger partial charge in [-0.25, -0.2) is 4.79 Å². The lowest BCUT2D eigenvalue weighted by atomic mass is 10.1. The van der Waals surface area contributed by atoms with Crippen LogP contribution in [0.5, 0.6) is 5.75 Å². The molecule has 0 unspecified atom stereocenters. The molecular weight excluding hydrogens is 484 g/mol. The first-order chi connectivity index (χ1) is 18.3. The van der Waals surface area contributed by atoms with Gasteiger partial charge in [-0.3, -0.25) is 4.90 Å². The summed E-state index contributed by atoms with van der Waals surface area (Å²) in [6.07, 6.45) is 0. The molecule has 0 aliphatic carbocycles. The number of ether oxygens (including phenoxy) is 1. The van der Waals surface area contributed by atoms with Gasteiger partial charge in [-0.05, 0) is 43.7 Å². The van der Waals surface area contributed by atoms with Gasteiger partial charge in [0.1, 0.15) is 19.3 Å². The number of carbonyl (C=O) groups excluding carboxylic acids is 2. The fourth-order valence-electron chi connectivity index (χ4n) is 3.15. The number of benzene rings is 3. The third-order valence-electron chi connectivity index (χ3n) is 4.87. The van der Waals surface area contributed by atoms with E-state index in [1.165, 1.54) is 16.7 Å². The summed E-state index contributed by atoms with van der Waals surface area (Å²) in [5, 5.41) is 20.5. The van der Waals surface area contributed by atoms with Gasteiger partial charge in [0.25, 0.3) is 0 Å². The van der Waals surface area contributed by atoms with Crippen molar-refractivity contribution < 1.29 is 29.4 Å². The molecular formula is C30H40N2O6. The van der Waals surface area contributed by atoms with E-state index in [9.17, 15) is 4.79 Å². The van der Waals surface area contributed by atoms with Crippen LogP contribution in [0.25, 0.3) is 0 Å². The van der Waals surface area contributed by atoms with Gasteiger partial charge in [0.2, 0.25) is 0 Å². The average molecular weight is 525 g/mol. The van der Waals surface area contributed by atoms with Crippen LogP contribution >= 0.6 is 0 Å². The Kier molecular flexibility index (Phi) is 20.7. The second-order valence-corrected chi connectivity index (χ2v) is 7.58. The van der Waals surface area contributed by atoms with Crippen LogP contribution in [0.2, 0.25) is 0 Å². The van der Waals surface area contributed by atoms with Gasteiger partial charge >= 0.3 is 5.97 Å². The molecule has 3 aromatic carbocycles. The number of para-hydroxylation sites is 1. The summed E-state index contributed by atoms with van der Waals surface area (Å²) in [5.41, 5.74) is 4.75. The summed E-state index contributed by atoms with van der Waals surface area (Å²) < 4.78 is 5.04. The molecule has 8 nitrogen and oxygen atoms in total. The summed E-state index contributed by atoms with van der Waals surface area (Å²) in [6.45, 7) is 13.7. The number of carboxylic acid groups (broad SMARTS) is 1. The SMILES string of the molecule is C=O.C=O.CC.COc1ccccc1C.Cc1ccc(CN(C)Cc2ccc(/C(=N/O)C(=O)O)cc2)cc1. The summed E-state index contributed by atoms with van der Waals surface area (Å²) >= 11 is 0. The van der Waals surface area contributed by atoms with Crippen LogP contribution in [0.3, 0.4) is 0 Å². The molecule has 0 aliphatic rings. The van der Waals surface area contributed by atoms with Crippen molar-refractivity contribution in [3.63, 3.8) is 0 Å². The van der Waals surface area contributed by atoms with E-state index >= 15 is 0 Å². The molecule has 8 heteroatoms. The maximum atomic E-state index is 10.9. The van der Waals surface area contributed by atoms with Crippen molar-refractivity contribution in [2.24, 2.45) is 5.16 Å². The quantitative estimate of drug-likeness (QED) is 0.236. The second kappa shape index (κ2) is 21.9.